The number of anilines is 1. The summed E-state index contributed by atoms with van der Waals surface area (Å²) in [5.74, 6) is -0.759. The number of nitrogens with one attached hydrogen (secondary N) is 1. The molecule has 3 aliphatic rings. The van der Waals surface area contributed by atoms with Gasteiger partial charge in [0.2, 0.25) is 0 Å². The van der Waals surface area contributed by atoms with Crippen LogP contribution < -0.4 is 20.3 Å². The molecule has 1 fully saturated rings. The maximum atomic E-state index is 13.4. The first kappa shape index (κ1) is 20.2. The number of allylic oxidation sites excluding steroid dienone is 1. The molecule has 0 radical (unpaired) electrons. The van der Waals surface area contributed by atoms with Gasteiger partial charge >= 0.3 is 0 Å². The van der Waals surface area contributed by atoms with Gasteiger partial charge in [-0.25, -0.2) is 8.78 Å². The predicted octanol–water partition coefficient (Wildman–Crippen LogP) is 4.36. The van der Waals surface area contributed by atoms with Gasteiger partial charge < -0.3 is 14.6 Å². The molecule has 2 aliphatic heterocycles. The molecule has 0 amide bonds. The number of ether oxygens (including phenoxy) is 1. The van der Waals surface area contributed by atoms with Gasteiger partial charge in [-0.05, 0) is 37.8 Å². The number of nitrogens with zero attached hydrogens (tertiary/aromatic N) is 3. The van der Waals surface area contributed by atoms with Crippen molar-refractivity contribution < 1.29 is 13.5 Å². The van der Waals surface area contributed by atoms with Crippen LogP contribution in [0.3, 0.4) is 0 Å². The highest BCUT2D eigenvalue weighted by molar-refractivity contribution is 6.34. The normalized spacial score (nSPS) is 22.9. The predicted molar refractivity (Wildman–Crippen MR) is 116 cm³/mol. The van der Waals surface area contributed by atoms with Crippen molar-refractivity contribution in [1.29, 1.82) is 0 Å². The van der Waals surface area contributed by atoms with Crippen LogP contribution in [0.15, 0.2) is 39.5 Å². The largest absolute Gasteiger partial charge is 0.490 e. The van der Waals surface area contributed by atoms with Gasteiger partial charge in [0.05, 0.1) is 34.7 Å². The summed E-state index contributed by atoms with van der Waals surface area (Å²) in [4.78, 5) is 5.72. The van der Waals surface area contributed by atoms with Crippen LogP contribution in [0.5, 0.6) is 5.75 Å². The molecule has 0 spiro atoms. The van der Waals surface area contributed by atoms with Gasteiger partial charge in [-0.15, -0.1) is 0 Å². The molecule has 31 heavy (non-hydrogen) atoms. The molecule has 162 valence electrons. The van der Waals surface area contributed by atoms with Crippen LogP contribution in [0.25, 0.3) is 11.8 Å². The lowest BCUT2D eigenvalue weighted by atomic mass is 9.84. The van der Waals surface area contributed by atoms with Crippen molar-refractivity contribution in [3.8, 4) is 5.75 Å². The van der Waals surface area contributed by atoms with Crippen LogP contribution in [0.2, 0.25) is 0 Å². The number of hydrogen-bond acceptors (Lipinski definition) is 4. The molecule has 0 atom stereocenters. The van der Waals surface area contributed by atoms with Crippen molar-refractivity contribution in [2.24, 2.45) is 16.1 Å². The van der Waals surface area contributed by atoms with E-state index in [4.69, 9.17) is 16.3 Å². The highest BCUT2D eigenvalue weighted by Gasteiger charge is 2.29. The summed E-state index contributed by atoms with van der Waals surface area (Å²) in [6, 6.07) is 3.30. The molecule has 2 aromatic rings. The van der Waals surface area contributed by atoms with Crippen molar-refractivity contribution in [1.82, 2.24) is 4.98 Å². The Balaban J connectivity index is 1.39. The molecule has 5 nitrogen and oxygen atoms in total. The zero-order chi connectivity index (χ0) is 21.5. The summed E-state index contributed by atoms with van der Waals surface area (Å²) in [5.41, 5.74) is 3.27. The summed E-state index contributed by atoms with van der Waals surface area (Å²) >= 11 is 6.31. The standard InChI is InChI=1S/C23H23ClF2N4O/c1-30-7-6-14(24)8-20-23(30)19-12-27-29-21(22(19)28-20)13-2-4-17(5-3-13)31-18-10-15(25)9-16(26)11-18/h6,8-11,13,17,28H,2-5,7,12H2,1H3. The first-order chi connectivity index (χ1) is 15.0. The number of aromatic nitrogens is 1. The second-order valence-electron chi connectivity index (χ2n) is 8.34. The fraction of sp³-hybridized carbons (Fsp3) is 0.391. The Bertz CT molecular complexity index is 1170. The number of benzene rings is 1. The zero-order valence-corrected chi connectivity index (χ0v) is 17.9. The van der Waals surface area contributed by atoms with Gasteiger partial charge in [0.1, 0.15) is 17.4 Å². The minimum atomic E-state index is -0.627. The fourth-order valence-electron chi connectivity index (χ4n) is 4.74. The second kappa shape index (κ2) is 8.11. The van der Waals surface area contributed by atoms with E-state index in [-0.39, 0.29) is 17.8 Å². The third-order valence-corrected chi connectivity index (χ3v) is 6.45. The molecule has 1 N–H and O–H groups in total. The Morgan fingerprint density at radius 3 is 2.61 bits per heavy atom. The number of H-pyrrole nitrogens is 1. The number of azo groups is 1. The Morgan fingerprint density at radius 2 is 1.87 bits per heavy atom. The minimum absolute atomic E-state index is 0.0678. The van der Waals surface area contributed by atoms with Crippen LogP contribution in [0.1, 0.15) is 31.2 Å². The van der Waals surface area contributed by atoms with E-state index in [1.807, 2.05) is 12.2 Å². The van der Waals surface area contributed by atoms with Gasteiger partial charge in [-0.1, -0.05) is 11.6 Å². The summed E-state index contributed by atoms with van der Waals surface area (Å²) in [6.07, 6.45) is 7.21. The Morgan fingerprint density at radius 1 is 1.13 bits per heavy atom. The lowest BCUT2D eigenvalue weighted by Crippen LogP contribution is -2.28. The average Bonchev–Trinajstić information content (AvgIpc) is 3.03. The number of aromatic amines is 1. The average molecular weight is 445 g/mol. The smallest absolute Gasteiger partial charge is 0.129 e. The molecule has 0 unspecified atom stereocenters. The van der Waals surface area contributed by atoms with Crippen LogP contribution in [-0.2, 0) is 6.54 Å². The summed E-state index contributed by atoms with van der Waals surface area (Å²) < 4.78 is 32.7. The van der Waals surface area contributed by atoms with Crippen LogP contribution in [-0.4, -0.2) is 24.7 Å². The number of hydrogen-bond donors (Lipinski definition) is 1. The Labute approximate surface area is 183 Å². The van der Waals surface area contributed by atoms with Crippen molar-refractivity contribution in [2.45, 2.75) is 38.3 Å². The number of halogens is 3. The molecule has 1 aliphatic carbocycles. The van der Waals surface area contributed by atoms with E-state index < -0.39 is 11.6 Å². The van der Waals surface area contributed by atoms with E-state index in [2.05, 4.69) is 27.2 Å². The lowest BCUT2D eigenvalue weighted by Gasteiger charge is -2.29. The molecule has 1 saturated carbocycles. The van der Waals surface area contributed by atoms with Gasteiger partial charge in [0.25, 0.3) is 0 Å². The van der Waals surface area contributed by atoms with Crippen molar-refractivity contribution in [3.05, 3.63) is 57.2 Å². The first-order valence-electron chi connectivity index (χ1n) is 10.5. The SMILES string of the molecule is CN1CC=C(Cl)C=c2[nH]c3c(c21)CN=NC=3C1CCC(Oc2cc(F)cc(F)c2)CC1. The van der Waals surface area contributed by atoms with E-state index in [1.54, 1.807) is 0 Å². The summed E-state index contributed by atoms with van der Waals surface area (Å²) in [5, 5.41) is 11.7. The Hall–Kier alpha value is -2.67. The number of likely N-dealkylation sites (N-methyl/N-ethyl adjacent to an activating group) is 1. The molecule has 1 aromatic carbocycles. The van der Waals surface area contributed by atoms with Gasteiger partial charge in [-0.2, -0.15) is 10.2 Å². The maximum Gasteiger partial charge on any atom is 0.129 e. The molecular formula is C23H23ClF2N4O. The molecule has 3 heterocycles. The molecule has 0 saturated heterocycles. The Kier molecular flexibility index (Phi) is 5.30. The van der Waals surface area contributed by atoms with Crippen molar-refractivity contribution in [2.75, 3.05) is 18.5 Å². The van der Waals surface area contributed by atoms with E-state index in [9.17, 15) is 8.78 Å². The quantitative estimate of drug-likeness (QED) is 0.764. The van der Waals surface area contributed by atoms with Gasteiger partial charge in [0, 0.05) is 48.3 Å². The molecular weight excluding hydrogens is 422 g/mol. The molecule has 8 heteroatoms. The highest BCUT2D eigenvalue weighted by atomic mass is 35.5. The van der Waals surface area contributed by atoms with Gasteiger partial charge in [0.15, 0.2) is 0 Å². The van der Waals surface area contributed by atoms with E-state index in [0.29, 0.717) is 11.6 Å². The highest BCUT2D eigenvalue weighted by Crippen LogP contribution is 2.35. The van der Waals surface area contributed by atoms with Gasteiger partial charge in [-0.3, -0.25) is 0 Å². The molecule has 0 bridgehead atoms. The van der Waals surface area contributed by atoms with E-state index in [1.165, 1.54) is 12.1 Å². The van der Waals surface area contributed by atoms with Crippen molar-refractivity contribution in [3.63, 3.8) is 0 Å². The summed E-state index contributed by atoms with van der Waals surface area (Å²) in [7, 11) is 2.05. The summed E-state index contributed by atoms with van der Waals surface area (Å²) in [6.45, 7) is 1.28. The maximum absolute atomic E-state index is 13.4. The van der Waals surface area contributed by atoms with Crippen LogP contribution in [0, 0.1) is 17.6 Å². The van der Waals surface area contributed by atoms with Crippen molar-refractivity contribution >= 4 is 29.1 Å². The number of fused-ring (bicyclic) bond motifs is 3. The fourth-order valence-corrected chi connectivity index (χ4v) is 4.91. The third-order valence-electron chi connectivity index (χ3n) is 6.19. The number of rotatable bonds is 3. The van der Waals surface area contributed by atoms with E-state index >= 15 is 0 Å². The topological polar surface area (TPSA) is 53.0 Å². The second-order valence-corrected chi connectivity index (χ2v) is 8.77. The zero-order valence-electron chi connectivity index (χ0n) is 17.2. The van der Waals surface area contributed by atoms with Crippen LogP contribution >= 0.6 is 11.6 Å². The third kappa shape index (κ3) is 3.99. The minimum Gasteiger partial charge on any atom is -0.490 e. The van der Waals surface area contributed by atoms with Crippen LogP contribution in [0.4, 0.5) is 14.5 Å². The first-order valence-corrected chi connectivity index (χ1v) is 10.9. The van der Waals surface area contributed by atoms with E-state index in [0.717, 1.165) is 65.9 Å². The molecule has 5 rings (SSSR count). The monoisotopic (exact) mass is 444 g/mol. The molecule has 1 aromatic heterocycles. The lowest BCUT2D eigenvalue weighted by molar-refractivity contribution is 0.141.